The van der Waals surface area contributed by atoms with Crippen molar-refractivity contribution < 1.29 is 19.0 Å². The van der Waals surface area contributed by atoms with Gasteiger partial charge in [0.15, 0.2) is 5.79 Å². The van der Waals surface area contributed by atoms with Crippen molar-refractivity contribution >= 4 is 6.41 Å². The Morgan fingerprint density at radius 1 is 1.37 bits per heavy atom. The van der Waals surface area contributed by atoms with Gasteiger partial charge in [-0.25, -0.2) is 0 Å². The predicted molar refractivity (Wildman–Crippen MR) is 69.8 cm³/mol. The van der Waals surface area contributed by atoms with E-state index >= 15 is 0 Å². The molecule has 0 unspecified atom stereocenters. The average Bonchev–Trinajstić information content (AvgIpc) is 2.41. The molecule has 0 aromatic heterocycles. The standard InChI is InChI=1S/C14H19NO4/c1-14(2)18-8-12(15-9-16)13(19-14)10-4-6-11(17-3)7-5-10/h4-7,9,12-13H,8H2,1-3H3,(H,15,16)/t12-,13-/m1/s1. The monoisotopic (exact) mass is 265 g/mol. The van der Waals surface area contributed by atoms with Gasteiger partial charge in [-0.1, -0.05) is 12.1 Å². The third-order valence-corrected chi connectivity index (χ3v) is 3.11. The minimum Gasteiger partial charge on any atom is -0.497 e. The van der Waals surface area contributed by atoms with Crippen molar-refractivity contribution in [1.29, 1.82) is 0 Å². The second kappa shape index (κ2) is 5.59. The number of rotatable bonds is 4. The highest BCUT2D eigenvalue weighted by molar-refractivity contribution is 5.47. The second-order valence-electron chi connectivity index (χ2n) is 4.91. The fourth-order valence-electron chi connectivity index (χ4n) is 2.12. The number of carbonyl (C=O) groups is 1. The lowest BCUT2D eigenvalue weighted by Gasteiger charge is -2.41. The van der Waals surface area contributed by atoms with Crippen molar-refractivity contribution in [1.82, 2.24) is 5.32 Å². The lowest BCUT2D eigenvalue weighted by atomic mass is 10.0. The number of amides is 1. The number of hydrogen-bond donors (Lipinski definition) is 1. The highest BCUT2D eigenvalue weighted by Crippen LogP contribution is 2.33. The molecule has 0 saturated carbocycles. The number of benzene rings is 1. The molecule has 0 radical (unpaired) electrons. The van der Waals surface area contributed by atoms with Gasteiger partial charge in [0.05, 0.1) is 19.8 Å². The molecule has 1 aliphatic rings. The van der Waals surface area contributed by atoms with E-state index in [4.69, 9.17) is 14.2 Å². The molecular weight excluding hydrogens is 246 g/mol. The number of nitrogens with one attached hydrogen (secondary N) is 1. The van der Waals surface area contributed by atoms with Crippen molar-refractivity contribution in [2.45, 2.75) is 31.8 Å². The molecule has 1 saturated heterocycles. The van der Waals surface area contributed by atoms with Crippen LogP contribution in [0.15, 0.2) is 24.3 Å². The van der Waals surface area contributed by atoms with Gasteiger partial charge in [0, 0.05) is 0 Å². The first-order valence-corrected chi connectivity index (χ1v) is 6.21. The SMILES string of the molecule is COc1ccc([C@H]2OC(C)(C)OC[C@H]2NC=O)cc1. The van der Waals surface area contributed by atoms with Crippen LogP contribution in [0.1, 0.15) is 25.5 Å². The molecule has 104 valence electrons. The topological polar surface area (TPSA) is 56.8 Å². The average molecular weight is 265 g/mol. The minimum absolute atomic E-state index is 0.195. The molecule has 19 heavy (non-hydrogen) atoms. The van der Waals surface area contributed by atoms with E-state index in [9.17, 15) is 4.79 Å². The summed E-state index contributed by atoms with van der Waals surface area (Å²) < 4.78 is 16.6. The normalized spacial score (nSPS) is 25.6. The fourth-order valence-corrected chi connectivity index (χ4v) is 2.12. The first-order valence-electron chi connectivity index (χ1n) is 6.21. The van der Waals surface area contributed by atoms with E-state index in [0.29, 0.717) is 13.0 Å². The molecule has 1 N–H and O–H groups in total. The molecule has 5 heteroatoms. The summed E-state index contributed by atoms with van der Waals surface area (Å²) in [6.07, 6.45) is 0.437. The van der Waals surface area contributed by atoms with E-state index in [1.54, 1.807) is 7.11 Å². The van der Waals surface area contributed by atoms with Gasteiger partial charge in [0.1, 0.15) is 11.9 Å². The molecule has 1 aromatic rings. The van der Waals surface area contributed by atoms with E-state index in [0.717, 1.165) is 11.3 Å². The summed E-state index contributed by atoms with van der Waals surface area (Å²) in [5, 5.41) is 2.74. The Balaban J connectivity index is 2.22. The Labute approximate surface area is 112 Å². The minimum atomic E-state index is -0.661. The first kappa shape index (κ1) is 13.8. The zero-order chi connectivity index (χ0) is 13.9. The smallest absolute Gasteiger partial charge is 0.207 e. The predicted octanol–water partition coefficient (Wildman–Crippen LogP) is 1.63. The summed E-state index contributed by atoms with van der Waals surface area (Å²) in [6, 6.07) is 7.42. The lowest BCUT2D eigenvalue weighted by Crippen LogP contribution is -2.50. The molecular formula is C14H19NO4. The molecule has 1 aromatic carbocycles. The van der Waals surface area contributed by atoms with Crippen LogP contribution < -0.4 is 10.1 Å². The maximum Gasteiger partial charge on any atom is 0.207 e. The van der Waals surface area contributed by atoms with Crippen LogP contribution in [0.4, 0.5) is 0 Å². The van der Waals surface area contributed by atoms with Crippen LogP contribution in [-0.4, -0.2) is 32.0 Å². The highest BCUT2D eigenvalue weighted by atomic mass is 16.7. The van der Waals surface area contributed by atoms with Crippen LogP contribution in [0, 0.1) is 0 Å². The van der Waals surface area contributed by atoms with Crippen molar-refractivity contribution in [2.24, 2.45) is 0 Å². The fraction of sp³-hybridized carbons (Fsp3) is 0.500. The Morgan fingerprint density at radius 3 is 2.63 bits per heavy atom. The Hall–Kier alpha value is -1.59. The molecule has 1 fully saturated rings. The van der Waals surface area contributed by atoms with E-state index in [-0.39, 0.29) is 12.1 Å². The Morgan fingerprint density at radius 2 is 2.05 bits per heavy atom. The van der Waals surface area contributed by atoms with E-state index in [2.05, 4.69) is 5.32 Å². The first-order chi connectivity index (χ1) is 9.05. The van der Waals surface area contributed by atoms with Crippen molar-refractivity contribution in [3.63, 3.8) is 0 Å². The maximum absolute atomic E-state index is 10.7. The quantitative estimate of drug-likeness (QED) is 0.841. The van der Waals surface area contributed by atoms with Gasteiger partial charge in [0.25, 0.3) is 0 Å². The van der Waals surface area contributed by atoms with Gasteiger partial charge in [0.2, 0.25) is 6.41 Å². The molecule has 1 heterocycles. The molecule has 2 atom stereocenters. The number of carbonyl (C=O) groups excluding carboxylic acids is 1. The van der Waals surface area contributed by atoms with Crippen molar-refractivity contribution in [3.8, 4) is 5.75 Å². The Kier molecular flexibility index (Phi) is 4.07. The van der Waals surface area contributed by atoms with Crippen LogP contribution in [0.2, 0.25) is 0 Å². The largest absolute Gasteiger partial charge is 0.497 e. The highest BCUT2D eigenvalue weighted by Gasteiger charge is 2.37. The molecule has 0 spiro atoms. The summed E-state index contributed by atoms with van der Waals surface area (Å²) in [5.41, 5.74) is 0.983. The van der Waals surface area contributed by atoms with Gasteiger partial charge in [-0.2, -0.15) is 0 Å². The van der Waals surface area contributed by atoms with Crippen LogP contribution in [0.3, 0.4) is 0 Å². The van der Waals surface area contributed by atoms with Crippen LogP contribution in [-0.2, 0) is 14.3 Å². The number of methoxy groups -OCH3 is 1. The molecule has 0 aliphatic carbocycles. The van der Waals surface area contributed by atoms with Gasteiger partial charge < -0.3 is 19.5 Å². The zero-order valence-electron chi connectivity index (χ0n) is 11.4. The van der Waals surface area contributed by atoms with Crippen molar-refractivity contribution in [3.05, 3.63) is 29.8 Å². The number of hydrogen-bond acceptors (Lipinski definition) is 4. The maximum atomic E-state index is 10.7. The summed E-state index contributed by atoms with van der Waals surface area (Å²) >= 11 is 0. The summed E-state index contributed by atoms with van der Waals surface area (Å²) in [5.74, 6) is 0.126. The second-order valence-corrected chi connectivity index (χ2v) is 4.91. The Bertz CT molecular complexity index is 430. The van der Waals surface area contributed by atoms with Crippen LogP contribution in [0.25, 0.3) is 0 Å². The van der Waals surface area contributed by atoms with Crippen molar-refractivity contribution in [2.75, 3.05) is 13.7 Å². The van der Waals surface area contributed by atoms with Gasteiger partial charge >= 0.3 is 0 Å². The summed E-state index contributed by atoms with van der Waals surface area (Å²) in [4.78, 5) is 10.7. The molecule has 2 rings (SSSR count). The van der Waals surface area contributed by atoms with Crippen LogP contribution in [0.5, 0.6) is 5.75 Å². The van der Waals surface area contributed by atoms with Gasteiger partial charge in [-0.05, 0) is 31.5 Å². The zero-order valence-corrected chi connectivity index (χ0v) is 11.4. The number of ether oxygens (including phenoxy) is 3. The summed E-state index contributed by atoms with van der Waals surface area (Å²) in [7, 11) is 1.62. The van der Waals surface area contributed by atoms with E-state index in [1.165, 1.54) is 0 Å². The van der Waals surface area contributed by atoms with Gasteiger partial charge in [-0.3, -0.25) is 4.79 Å². The molecule has 1 aliphatic heterocycles. The molecule has 1 amide bonds. The van der Waals surface area contributed by atoms with E-state index in [1.807, 2.05) is 38.1 Å². The third-order valence-electron chi connectivity index (χ3n) is 3.11. The summed E-state index contributed by atoms with van der Waals surface area (Å²) in [6.45, 7) is 4.14. The molecule has 5 nitrogen and oxygen atoms in total. The molecule has 0 bridgehead atoms. The van der Waals surface area contributed by atoms with Crippen LogP contribution >= 0.6 is 0 Å². The van der Waals surface area contributed by atoms with E-state index < -0.39 is 5.79 Å². The lowest BCUT2D eigenvalue weighted by molar-refractivity contribution is -0.284. The van der Waals surface area contributed by atoms with Gasteiger partial charge in [-0.15, -0.1) is 0 Å². The third kappa shape index (κ3) is 3.24.